The van der Waals surface area contributed by atoms with Gasteiger partial charge in [-0.3, -0.25) is 19.7 Å². The third-order valence-electron chi connectivity index (χ3n) is 5.03. The molecule has 1 aliphatic heterocycles. The standard InChI is InChI=1S/C20H27N5O4S/c1-16(15-24-12-10-23(2)11-13-24)21-19-9-8-18(14-20(19)25(26)27)30(28,29)22-17-6-4-3-5-7-17/h3-9,14,16,21-22H,10-13,15H2,1-2H3. The minimum atomic E-state index is -3.94. The van der Waals surface area contributed by atoms with Gasteiger partial charge in [0.15, 0.2) is 0 Å². The minimum Gasteiger partial charge on any atom is -0.376 e. The van der Waals surface area contributed by atoms with Gasteiger partial charge in [0.2, 0.25) is 0 Å². The van der Waals surface area contributed by atoms with Gasteiger partial charge < -0.3 is 10.2 Å². The first kappa shape index (κ1) is 22.0. The van der Waals surface area contributed by atoms with E-state index < -0.39 is 14.9 Å². The van der Waals surface area contributed by atoms with E-state index in [1.165, 1.54) is 12.1 Å². The lowest BCUT2D eigenvalue weighted by molar-refractivity contribution is -0.384. The van der Waals surface area contributed by atoms with Crippen molar-refractivity contribution in [3.63, 3.8) is 0 Å². The van der Waals surface area contributed by atoms with Crippen molar-refractivity contribution in [3.05, 3.63) is 58.6 Å². The molecule has 30 heavy (non-hydrogen) atoms. The van der Waals surface area contributed by atoms with Crippen LogP contribution >= 0.6 is 0 Å². The van der Waals surface area contributed by atoms with E-state index in [9.17, 15) is 18.5 Å². The molecule has 1 atom stereocenters. The van der Waals surface area contributed by atoms with Crippen LogP contribution in [0.1, 0.15) is 6.92 Å². The van der Waals surface area contributed by atoms with Crippen LogP contribution in [0.4, 0.5) is 17.1 Å². The smallest absolute Gasteiger partial charge is 0.293 e. The molecule has 1 heterocycles. The molecule has 1 saturated heterocycles. The summed E-state index contributed by atoms with van der Waals surface area (Å²) in [4.78, 5) is 15.5. The molecule has 0 aromatic heterocycles. The van der Waals surface area contributed by atoms with Crippen molar-refractivity contribution in [1.29, 1.82) is 0 Å². The van der Waals surface area contributed by atoms with Gasteiger partial charge in [-0.15, -0.1) is 0 Å². The van der Waals surface area contributed by atoms with Gasteiger partial charge >= 0.3 is 0 Å². The molecular weight excluding hydrogens is 406 g/mol. The van der Waals surface area contributed by atoms with E-state index in [2.05, 4.69) is 26.9 Å². The monoisotopic (exact) mass is 433 g/mol. The second kappa shape index (κ2) is 9.41. The van der Waals surface area contributed by atoms with Gasteiger partial charge in [0, 0.05) is 50.5 Å². The lowest BCUT2D eigenvalue weighted by Gasteiger charge is -2.34. The largest absolute Gasteiger partial charge is 0.376 e. The van der Waals surface area contributed by atoms with Gasteiger partial charge in [0.05, 0.1) is 9.82 Å². The molecule has 1 unspecified atom stereocenters. The van der Waals surface area contributed by atoms with Crippen molar-refractivity contribution in [2.45, 2.75) is 17.9 Å². The molecule has 0 aliphatic carbocycles. The number of nitro groups is 1. The Hall–Kier alpha value is -2.69. The SMILES string of the molecule is CC(CN1CCN(C)CC1)Nc1ccc(S(=O)(=O)Nc2ccccc2)cc1[N+](=O)[O-]. The van der Waals surface area contributed by atoms with E-state index in [-0.39, 0.29) is 16.6 Å². The number of hydrogen-bond acceptors (Lipinski definition) is 7. The van der Waals surface area contributed by atoms with E-state index >= 15 is 0 Å². The molecule has 162 valence electrons. The van der Waals surface area contributed by atoms with E-state index in [1.54, 1.807) is 30.3 Å². The maximum Gasteiger partial charge on any atom is 0.293 e. The number of piperazine rings is 1. The quantitative estimate of drug-likeness (QED) is 0.486. The zero-order chi connectivity index (χ0) is 21.7. The fourth-order valence-corrected chi connectivity index (χ4v) is 4.48. The van der Waals surface area contributed by atoms with Crippen LogP contribution in [0.5, 0.6) is 0 Å². The van der Waals surface area contributed by atoms with E-state index in [4.69, 9.17) is 0 Å². The first-order valence-corrected chi connectivity index (χ1v) is 11.3. The number of nitrogens with one attached hydrogen (secondary N) is 2. The molecule has 2 aromatic carbocycles. The second-order valence-electron chi connectivity index (χ2n) is 7.56. The van der Waals surface area contributed by atoms with Gasteiger partial charge in [-0.05, 0) is 38.2 Å². The summed E-state index contributed by atoms with van der Waals surface area (Å²) in [6, 6.07) is 12.3. The van der Waals surface area contributed by atoms with Crippen LogP contribution < -0.4 is 10.0 Å². The molecule has 9 nitrogen and oxygen atoms in total. The molecule has 0 bridgehead atoms. The molecule has 0 saturated carbocycles. The summed E-state index contributed by atoms with van der Waals surface area (Å²) in [5.41, 5.74) is 0.430. The number of nitrogens with zero attached hydrogens (tertiary/aromatic N) is 3. The fraction of sp³-hybridized carbons (Fsp3) is 0.400. The molecule has 2 N–H and O–H groups in total. The average Bonchev–Trinajstić information content (AvgIpc) is 2.70. The molecule has 0 radical (unpaired) electrons. The summed E-state index contributed by atoms with van der Waals surface area (Å²) in [6.07, 6.45) is 0. The van der Waals surface area contributed by atoms with Crippen molar-refractivity contribution in [2.24, 2.45) is 0 Å². The Kier molecular flexibility index (Phi) is 6.91. The molecule has 0 amide bonds. The fourth-order valence-electron chi connectivity index (χ4n) is 3.40. The maximum atomic E-state index is 12.6. The topological polar surface area (TPSA) is 108 Å². The number of hydrogen-bond donors (Lipinski definition) is 2. The van der Waals surface area contributed by atoms with Gasteiger partial charge in [0.25, 0.3) is 15.7 Å². The Labute approximate surface area is 176 Å². The van der Waals surface area contributed by atoms with Crippen LogP contribution in [-0.4, -0.2) is 69.0 Å². The lowest BCUT2D eigenvalue weighted by Crippen LogP contribution is -2.47. The zero-order valence-corrected chi connectivity index (χ0v) is 17.9. The first-order chi connectivity index (χ1) is 14.2. The van der Waals surface area contributed by atoms with Crippen LogP contribution in [-0.2, 0) is 10.0 Å². The molecule has 10 heteroatoms. The molecule has 3 rings (SSSR count). The minimum absolute atomic E-state index is 0.0305. The highest BCUT2D eigenvalue weighted by Crippen LogP contribution is 2.29. The summed E-state index contributed by atoms with van der Waals surface area (Å²) in [7, 11) is -1.85. The predicted molar refractivity (Wildman–Crippen MR) is 117 cm³/mol. The molecule has 0 spiro atoms. The highest BCUT2D eigenvalue weighted by Gasteiger charge is 2.23. The third-order valence-corrected chi connectivity index (χ3v) is 6.41. The summed E-state index contributed by atoms with van der Waals surface area (Å²) >= 11 is 0. The van der Waals surface area contributed by atoms with E-state index in [1.807, 2.05) is 6.92 Å². The molecule has 1 fully saturated rings. The second-order valence-corrected chi connectivity index (χ2v) is 9.24. The molecule has 2 aromatic rings. The number of rotatable bonds is 8. The van der Waals surface area contributed by atoms with Gasteiger partial charge in [-0.25, -0.2) is 8.42 Å². The number of benzene rings is 2. The molecular formula is C20H27N5O4S. The Morgan fingerprint density at radius 2 is 1.77 bits per heavy atom. The summed E-state index contributed by atoms with van der Waals surface area (Å²) in [5, 5.41) is 14.8. The van der Waals surface area contributed by atoms with Crippen LogP contribution in [0, 0.1) is 10.1 Å². The van der Waals surface area contributed by atoms with Crippen LogP contribution in [0.15, 0.2) is 53.4 Å². The van der Waals surface area contributed by atoms with Gasteiger partial charge in [-0.2, -0.15) is 0 Å². The predicted octanol–water partition coefficient (Wildman–Crippen LogP) is 2.44. The number of sulfonamides is 1. The molecule has 1 aliphatic rings. The number of anilines is 2. The summed E-state index contributed by atoms with van der Waals surface area (Å²) < 4.78 is 27.7. The Balaban J connectivity index is 1.74. The number of para-hydroxylation sites is 1. The van der Waals surface area contributed by atoms with Gasteiger partial charge in [0.1, 0.15) is 5.69 Å². The Morgan fingerprint density at radius 1 is 1.10 bits per heavy atom. The van der Waals surface area contributed by atoms with Crippen molar-refractivity contribution in [2.75, 3.05) is 49.8 Å². The normalized spacial score (nSPS) is 16.7. The van der Waals surface area contributed by atoms with Gasteiger partial charge in [-0.1, -0.05) is 18.2 Å². The number of nitro benzene ring substituents is 1. The summed E-state index contributed by atoms with van der Waals surface area (Å²) in [5.74, 6) is 0. The van der Waals surface area contributed by atoms with Crippen molar-refractivity contribution in [3.8, 4) is 0 Å². The van der Waals surface area contributed by atoms with Crippen LogP contribution in [0.25, 0.3) is 0 Å². The van der Waals surface area contributed by atoms with Crippen molar-refractivity contribution >= 4 is 27.1 Å². The Morgan fingerprint density at radius 3 is 2.40 bits per heavy atom. The average molecular weight is 434 g/mol. The highest BCUT2D eigenvalue weighted by molar-refractivity contribution is 7.92. The van der Waals surface area contributed by atoms with Crippen LogP contribution in [0.3, 0.4) is 0 Å². The maximum absolute atomic E-state index is 12.6. The van der Waals surface area contributed by atoms with Crippen molar-refractivity contribution < 1.29 is 13.3 Å². The van der Waals surface area contributed by atoms with Crippen LogP contribution in [0.2, 0.25) is 0 Å². The van der Waals surface area contributed by atoms with E-state index in [0.29, 0.717) is 11.4 Å². The highest BCUT2D eigenvalue weighted by atomic mass is 32.2. The zero-order valence-electron chi connectivity index (χ0n) is 17.1. The third kappa shape index (κ3) is 5.68. The lowest BCUT2D eigenvalue weighted by atomic mass is 10.2. The number of likely N-dealkylation sites (N-methyl/N-ethyl adjacent to an activating group) is 1. The van der Waals surface area contributed by atoms with E-state index in [0.717, 1.165) is 38.8 Å². The first-order valence-electron chi connectivity index (χ1n) is 9.78. The summed E-state index contributed by atoms with van der Waals surface area (Å²) in [6.45, 7) is 6.60. The van der Waals surface area contributed by atoms with Crippen molar-refractivity contribution in [1.82, 2.24) is 9.80 Å². The Bertz CT molecular complexity index is 976.